The van der Waals surface area contributed by atoms with E-state index in [-0.39, 0.29) is 15.9 Å². The van der Waals surface area contributed by atoms with Crippen molar-refractivity contribution in [3.05, 3.63) is 47.1 Å². The number of H-pyrrole nitrogens is 1. The number of aromatic amines is 1. The molecule has 2 heterocycles. The molecule has 2 aromatic heterocycles. The molecule has 3 aromatic rings. The van der Waals surface area contributed by atoms with Gasteiger partial charge in [-0.15, -0.1) is 0 Å². The first kappa shape index (κ1) is 21.3. The van der Waals surface area contributed by atoms with Crippen LogP contribution in [-0.2, 0) is 16.3 Å². The van der Waals surface area contributed by atoms with Crippen molar-refractivity contribution < 1.29 is 13.2 Å². The highest BCUT2D eigenvalue weighted by atomic mass is 35.5. The van der Waals surface area contributed by atoms with Crippen molar-refractivity contribution in [3.8, 4) is 10.4 Å². The van der Waals surface area contributed by atoms with Gasteiger partial charge in [-0.1, -0.05) is 29.0 Å². The number of hydrogen-bond acceptors (Lipinski definition) is 6. The highest BCUT2D eigenvalue weighted by Gasteiger charge is 2.17. The molecule has 3 N–H and O–H groups in total. The molecule has 0 fully saturated rings. The summed E-state index contributed by atoms with van der Waals surface area (Å²) < 4.78 is 23.8. The maximum atomic E-state index is 12.1. The number of sulfone groups is 1. The number of urea groups is 1. The molecule has 3 rings (SSSR count). The predicted molar refractivity (Wildman–Crippen MR) is 114 cm³/mol. The van der Waals surface area contributed by atoms with E-state index in [1.54, 1.807) is 31.5 Å². The number of halogens is 1. The third kappa shape index (κ3) is 5.55. The van der Waals surface area contributed by atoms with Gasteiger partial charge in [0.1, 0.15) is 5.82 Å². The van der Waals surface area contributed by atoms with E-state index in [9.17, 15) is 13.2 Å². The summed E-state index contributed by atoms with van der Waals surface area (Å²) in [6.45, 7) is 2.30. The molecule has 29 heavy (non-hydrogen) atoms. The molecule has 1 aromatic carbocycles. The van der Waals surface area contributed by atoms with Crippen LogP contribution in [-0.4, -0.2) is 42.2 Å². The van der Waals surface area contributed by atoms with Crippen LogP contribution in [0.3, 0.4) is 0 Å². The van der Waals surface area contributed by atoms with Crippen molar-refractivity contribution >= 4 is 43.9 Å². The fraction of sp³-hybridized carbons (Fsp3) is 0.278. The number of benzene rings is 1. The molecule has 0 unspecified atom stereocenters. The highest BCUT2D eigenvalue weighted by Crippen LogP contribution is 2.35. The average molecular weight is 454 g/mol. The number of carbonyl (C=O) groups excluding carboxylic acids is 1. The number of amides is 2. The van der Waals surface area contributed by atoms with Crippen LogP contribution in [0.15, 0.2) is 35.5 Å². The lowest BCUT2D eigenvalue weighted by Gasteiger charge is -2.05. The summed E-state index contributed by atoms with van der Waals surface area (Å²) >= 11 is 7.28. The molecule has 0 atom stereocenters. The fourth-order valence-corrected chi connectivity index (χ4v) is 4.94. The number of thiazole rings is 1. The second-order valence-corrected chi connectivity index (χ2v) is 9.76. The summed E-state index contributed by atoms with van der Waals surface area (Å²) in [6.07, 6.45) is 6.06. The predicted octanol–water partition coefficient (Wildman–Crippen LogP) is 3.65. The quantitative estimate of drug-likeness (QED) is 0.472. The number of nitrogens with zero attached hydrogens (tertiary/aromatic N) is 2. The van der Waals surface area contributed by atoms with Gasteiger partial charge in [0.15, 0.2) is 15.0 Å². The normalized spacial score (nSPS) is 11.4. The van der Waals surface area contributed by atoms with Gasteiger partial charge in [0.25, 0.3) is 0 Å². The van der Waals surface area contributed by atoms with Gasteiger partial charge in [-0.05, 0) is 31.0 Å². The number of rotatable bonds is 7. The number of anilines is 1. The number of aromatic nitrogens is 3. The van der Waals surface area contributed by atoms with Crippen LogP contribution in [0, 0.1) is 6.92 Å². The van der Waals surface area contributed by atoms with Crippen LogP contribution in [0.5, 0.6) is 0 Å². The van der Waals surface area contributed by atoms with Gasteiger partial charge in [0.2, 0.25) is 0 Å². The molecular weight excluding hydrogens is 434 g/mol. The molecule has 2 amide bonds. The van der Waals surface area contributed by atoms with E-state index >= 15 is 0 Å². The zero-order chi connectivity index (χ0) is 21.0. The first-order valence-electron chi connectivity index (χ1n) is 8.74. The number of carbonyl (C=O) groups is 1. The van der Waals surface area contributed by atoms with Crippen LogP contribution >= 0.6 is 22.9 Å². The van der Waals surface area contributed by atoms with Crippen molar-refractivity contribution in [3.63, 3.8) is 0 Å². The molecule has 0 aliphatic carbocycles. The molecule has 0 bridgehead atoms. The van der Waals surface area contributed by atoms with E-state index in [1.165, 1.54) is 17.4 Å². The summed E-state index contributed by atoms with van der Waals surface area (Å²) in [6, 6.07) is 4.45. The molecule has 11 heteroatoms. The smallest absolute Gasteiger partial charge is 0.321 e. The summed E-state index contributed by atoms with van der Waals surface area (Å²) in [4.78, 5) is 24.4. The Morgan fingerprint density at radius 1 is 1.34 bits per heavy atom. The Bertz CT molecular complexity index is 1110. The lowest BCUT2D eigenvalue weighted by atomic mass is 10.2. The van der Waals surface area contributed by atoms with Gasteiger partial charge in [0.05, 0.1) is 20.5 Å². The Morgan fingerprint density at radius 3 is 2.83 bits per heavy atom. The maximum Gasteiger partial charge on any atom is 0.321 e. The lowest BCUT2D eigenvalue weighted by molar-refractivity contribution is 0.252. The Morgan fingerprint density at radius 2 is 2.14 bits per heavy atom. The standard InChI is InChI=1S/C18H20ClN5O3S2/c1-11-16(12-5-6-13(19)14(10-12)29(2,26)27)28-18(23-11)24-17(25)22-7-3-4-15-20-8-9-21-15/h5-6,8-10H,3-4,7H2,1-2H3,(H,20,21)(H2,22,23,24,25). The van der Waals surface area contributed by atoms with E-state index in [4.69, 9.17) is 11.6 Å². The van der Waals surface area contributed by atoms with Gasteiger partial charge in [-0.3, -0.25) is 5.32 Å². The Hall–Kier alpha value is -2.43. The van der Waals surface area contributed by atoms with Gasteiger partial charge in [0, 0.05) is 31.6 Å². The topological polar surface area (TPSA) is 117 Å². The van der Waals surface area contributed by atoms with Crippen LogP contribution < -0.4 is 10.6 Å². The molecule has 0 saturated carbocycles. The highest BCUT2D eigenvalue weighted by molar-refractivity contribution is 7.90. The molecule has 8 nitrogen and oxygen atoms in total. The van der Waals surface area contributed by atoms with Gasteiger partial charge < -0.3 is 10.3 Å². The third-order valence-corrected chi connectivity index (χ3v) is 6.74. The van der Waals surface area contributed by atoms with Gasteiger partial charge in [-0.25, -0.2) is 23.2 Å². The Balaban J connectivity index is 1.63. The second kappa shape index (κ2) is 8.93. The van der Waals surface area contributed by atoms with Crippen LogP contribution in [0.25, 0.3) is 10.4 Å². The first-order valence-corrected chi connectivity index (χ1v) is 11.8. The number of hydrogen-bond donors (Lipinski definition) is 3. The van der Waals surface area contributed by atoms with Gasteiger partial charge in [-0.2, -0.15) is 0 Å². The van der Waals surface area contributed by atoms with Crippen molar-refractivity contribution in [1.82, 2.24) is 20.3 Å². The molecule has 0 spiro atoms. The largest absolute Gasteiger partial charge is 0.349 e. The van der Waals surface area contributed by atoms with Crippen LogP contribution in [0.4, 0.5) is 9.93 Å². The average Bonchev–Trinajstić information content (AvgIpc) is 3.28. The molecule has 0 aliphatic heterocycles. The van der Waals surface area contributed by atoms with Crippen molar-refractivity contribution in [2.45, 2.75) is 24.7 Å². The minimum Gasteiger partial charge on any atom is -0.349 e. The SMILES string of the molecule is Cc1nc(NC(=O)NCCCc2ncc[nH]2)sc1-c1ccc(Cl)c(S(C)(=O)=O)c1. The number of aryl methyl sites for hydroxylation is 2. The van der Waals surface area contributed by atoms with Crippen LogP contribution in [0.2, 0.25) is 5.02 Å². The molecule has 0 aliphatic rings. The monoisotopic (exact) mass is 453 g/mol. The Kier molecular flexibility index (Phi) is 6.56. The maximum absolute atomic E-state index is 12.1. The van der Waals surface area contributed by atoms with E-state index in [2.05, 4.69) is 25.6 Å². The zero-order valence-corrected chi connectivity index (χ0v) is 18.2. The van der Waals surface area contributed by atoms with Crippen LogP contribution in [0.1, 0.15) is 17.9 Å². The minimum atomic E-state index is -3.45. The van der Waals surface area contributed by atoms with E-state index in [1.807, 2.05) is 0 Å². The summed E-state index contributed by atoms with van der Waals surface area (Å²) in [7, 11) is -3.45. The number of imidazole rings is 1. The molecule has 0 radical (unpaired) electrons. The minimum absolute atomic E-state index is 0.0632. The molecule has 154 valence electrons. The van der Waals surface area contributed by atoms with Crippen molar-refractivity contribution in [1.29, 1.82) is 0 Å². The van der Waals surface area contributed by atoms with Crippen molar-refractivity contribution in [2.24, 2.45) is 0 Å². The van der Waals surface area contributed by atoms with E-state index in [0.29, 0.717) is 22.9 Å². The fourth-order valence-electron chi connectivity index (χ4n) is 2.68. The van der Waals surface area contributed by atoms with E-state index < -0.39 is 9.84 Å². The molecule has 0 saturated heterocycles. The summed E-state index contributed by atoms with van der Waals surface area (Å²) in [5, 5.41) is 6.09. The zero-order valence-electron chi connectivity index (χ0n) is 15.8. The first-order chi connectivity index (χ1) is 13.7. The summed E-state index contributed by atoms with van der Waals surface area (Å²) in [5.41, 5.74) is 1.36. The number of nitrogens with one attached hydrogen (secondary N) is 3. The summed E-state index contributed by atoms with van der Waals surface area (Å²) in [5.74, 6) is 0.879. The lowest BCUT2D eigenvalue weighted by Crippen LogP contribution is -2.29. The van der Waals surface area contributed by atoms with Crippen molar-refractivity contribution in [2.75, 3.05) is 18.1 Å². The Labute approximate surface area is 177 Å². The van der Waals surface area contributed by atoms with E-state index in [0.717, 1.165) is 29.8 Å². The molecular formula is C18H20ClN5O3S2. The second-order valence-electron chi connectivity index (χ2n) is 6.37. The van der Waals surface area contributed by atoms with Gasteiger partial charge >= 0.3 is 6.03 Å². The third-order valence-electron chi connectivity index (χ3n) is 4.04.